The summed E-state index contributed by atoms with van der Waals surface area (Å²) in [6, 6.07) is 0. The van der Waals surface area contributed by atoms with Gasteiger partial charge in [0.1, 0.15) is 0 Å². The minimum atomic E-state index is -0.724. The Morgan fingerprint density at radius 2 is 2.20 bits per heavy atom. The van der Waals surface area contributed by atoms with Gasteiger partial charge in [-0.05, 0) is 27.7 Å². The lowest BCUT2D eigenvalue weighted by atomic mass is 10.1. The summed E-state index contributed by atoms with van der Waals surface area (Å²) < 4.78 is 19.4. The summed E-state index contributed by atoms with van der Waals surface area (Å²) in [7, 11) is 0. The number of hydrogen-bond acceptors (Lipinski definition) is 3. The summed E-state index contributed by atoms with van der Waals surface area (Å²) in [5.74, 6) is -1.37. The molecule has 84 valence electrons. The fourth-order valence-electron chi connectivity index (χ4n) is 1.03. The van der Waals surface area contributed by atoms with Crippen LogP contribution < -0.4 is 0 Å². The van der Waals surface area contributed by atoms with E-state index in [9.17, 15) is 9.18 Å². The summed E-state index contributed by atoms with van der Waals surface area (Å²) in [5, 5.41) is 3.87. The van der Waals surface area contributed by atoms with E-state index in [0.29, 0.717) is 0 Å². The molecule has 5 heteroatoms. The second-order valence-corrected chi connectivity index (χ2v) is 4.16. The van der Waals surface area contributed by atoms with E-state index >= 15 is 0 Å². The molecule has 0 aliphatic heterocycles. The third kappa shape index (κ3) is 2.55. The van der Waals surface area contributed by atoms with Crippen LogP contribution in [0.25, 0.3) is 0 Å². The van der Waals surface area contributed by atoms with Gasteiger partial charge in [-0.2, -0.15) is 5.10 Å². The van der Waals surface area contributed by atoms with E-state index in [1.807, 2.05) is 20.8 Å². The molecule has 0 fully saturated rings. The second-order valence-electron chi connectivity index (χ2n) is 4.16. The number of aromatic nitrogens is 2. The van der Waals surface area contributed by atoms with Gasteiger partial charge < -0.3 is 4.74 Å². The normalized spacial score (nSPS) is 11.5. The summed E-state index contributed by atoms with van der Waals surface area (Å²) in [6.07, 6.45) is 1.20. The summed E-state index contributed by atoms with van der Waals surface area (Å²) in [5.41, 5.74) is -0.613. The SMILES string of the molecule is CCOC(=O)c1nn(C(C)(C)C)cc1F. The molecule has 0 radical (unpaired) electrons. The molecule has 1 rings (SSSR count). The van der Waals surface area contributed by atoms with Gasteiger partial charge in [-0.3, -0.25) is 4.68 Å². The molecule has 0 N–H and O–H groups in total. The number of halogens is 1. The topological polar surface area (TPSA) is 44.1 Å². The Balaban J connectivity index is 3.02. The van der Waals surface area contributed by atoms with Crippen LogP contribution >= 0.6 is 0 Å². The molecule has 0 unspecified atom stereocenters. The number of hydrogen-bond donors (Lipinski definition) is 0. The zero-order valence-corrected chi connectivity index (χ0v) is 9.37. The first-order valence-corrected chi connectivity index (χ1v) is 4.79. The molecule has 1 heterocycles. The van der Waals surface area contributed by atoms with Crippen LogP contribution in [0.1, 0.15) is 38.2 Å². The van der Waals surface area contributed by atoms with Crippen LogP contribution in [0.15, 0.2) is 6.20 Å². The quantitative estimate of drug-likeness (QED) is 0.707. The van der Waals surface area contributed by atoms with Crippen molar-refractivity contribution in [3.63, 3.8) is 0 Å². The minimum Gasteiger partial charge on any atom is -0.461 e. The maximum Gasteiger partial charge on any atom is 0.361 e. The molecule has 0 saturated heterocycles. The van der Waals surface area contributed by atoms with E-state index in [1.165, 1.54) is 10.9 Å². The first kappa shape index (κ1) is 11.7. The largest absolute Gasteiger partial charge is 0.461 e. The molecule has 0 bridgehead atoms. The zero-order valence-electron chi connectivity index (χ0n) is 9.37. The van der Waals surface area contributed by atoms with Gasteiger partial charge in [0.15, 0.2) is 5.82 Å². The van der Waals surface area contributed by atoms with Crippen molar-refractivity contribution < 1.29 is 13.9 Å². The molecule has 1 aromatic rings. The maximum atomic E-state index is 13.3. The van der Waals surface area contributed by atoms with Crippen molar-refractivity contribution in [2.45, 2.75) is 33.2 Å². The van der Waals surface area contributed by atoms with Crippen molar-refractivity contribution >= 4 is 5.97 Å². The number of carbonyl (C=O) groups excluding carboxylic acids is 1. The number of ether oxygens (including phenoxy) is 1. The fourth-order valence-corrected chi connectivity index (χ4v) is 1.03. The molecular weight excluding hydrogens is 199 g/mol. The monoisotopic (exact) mass is 214 g/mol. The number of nitrogens with zero attached hydrogens (tertiary/aromatic N) is 2. The Morgan fingerprint density at radius 3 is 2.60 bits per heavy atom. The lowest BCUT2D eigenvalue weighted by Crippen LogP contribution is -2.22. The van der Waals surface area contributed by atoms with Crippen molar-refractivity contribution in [2.75, 3.05) is 6.61 Å². The van der Waals surface area contributed by atoms with Crippen LogP contribution in [0.5, 0.6) is 0 Å². The van der Waals surface area contributed by atoms with Gasteiger partial charge in [0.05, 0.1) is 18.3 Å². The van der Waals surface area contributed by atoms with Gasteiger partial charge in [-0.25, -0.2) is 9.18 Å². The molecule has 15 heavy (non-hydrogen) atoms. The van der Waals surface area contributed by atoms with Crippen LogP contribution in [-0.2, 0) is 10.3 Å². The smallest absolute Gasteiger partial charge is 0.361 e. The predicted molar refractivity (Wildman–Crippen MR) is 53.1 cm³/mol. The highest BCUT2D eigenvalue weighted by Crippen LogP contribution is 2.15. The average Bonchev–Trinajstić information content (AvgIpc) is 2.47. The van der Waals surface area contributed by atoms with Crippen molar-refractivity contribution in [2.24, 2.45) is 0 Å². The minimum absolute atomic E-state index is 0.209. The van der Waals surface area contributed by atoms with E-state index in [2.05, 4.69) is 9.84 Å². The highest BCUT2D eigenvalue weighted by atomic mass is 19.1. The van der Waals surface area contributed by atoms with Crippen LogP contribution in [0.4, 0.5) is 4.39 Å². The third-order valence-corrected chi connectivity index (χ3v) is 1.83. The van der Waals surface area contributed by atoms with Crippen LogP contribution in [-0.4, -0.2) is 22.4 Å². The Bertz CT molecular complexity index is 366. The van der Waals surface area contributed by atoms with E-state index in [1.54, 1.807) is 6.92 Å². The summed E-state index contributed by atoms with van der Waals surface area (Å²) in [4.78, 5) is 11.3. The molecule has 4 nitrogen and oxygen atoms in total. The van der Waals surface area contributed by atoms with E-state index < -0.39 is 11.8 Å². The second kappa shape index (κ2) is 4.00. The number of rotatable bonds is 2. The molecule has 0 amide bonds. The maximum absolute atomic E-state index is 13.3. The molecule has 0 aromatic carbocycles. The first-order valence-electron chi connectivity index (χ1n) is 4.79. The van der Waals surface area contributed by atoms with Gasteiger partial charge in [-0.15, -0.1) is 0 Å². The number of carbonyl (C=O) groups is 1. The van der Waals surface area contributed by atoms with Crippen molar-refractivity contribution in [1.29, 1.82) is 0 Å². The lowest BCUT2D eigenvalue weighted by Gasteiger charge is -2.18. The Kier molecular flexibility index (Phi) is 3.12. The molecule has 0 atom stereocenters. The van der Waals surface area contributed by atoms with Gasteiger partial charge in [0, 0.05) is 0 Å². The molecule has 0 aliphatic carbocycles. The van der Waals surface area contributed by atoms with Crippen LogP contribution in [0, 0.1) is 5.82 Å². The number of esters is 1. The van der Waals surface area contributed by atoms with Crippen LogP contribution in [0.3, 0.4) is 0 Å². The Labute approximate surface area is 88.0 Å². The first-order chi connectivity index (χ1) is 6.86. The third-order valence-electron chi connectivity index (χ3n) is 1.83. The standard InChI is InChI=1S/C10H15FN2O2/c1-5-15-9(14)8-7(11)6-13(12-8)10(2,3)4/h6H,5H2,1-4H3. The lowest BCUT2D eigenvalue weighted by molar-refractivity contribution is 0.0512. The molecular formula is C10H15FN2O2. The fraction of sp³-hybridized carbons (Fsp3) is 0.600. The van der Waals surface area contributed by atoms with E-state index in [-0.39, 0.29) is 17.8 Å². The van der Waals surface area contributed by atoms with Gasteiger partial charge in [-0.1, -0.05) is 0 Å². The summed E-state index contributed by atoms with van der Waals surface area (Å²) >= 11 is 0. The van der Waals surface area contributed by atoms with E-state index in [4.69, 9.17) is 0 Å². The van der Waals surface area contributed by atoms with Gasteiger partial charge in [0.2, 0.25) is 5.69 Å². The van der Waals surface area contributed by atoms with Gasteiger partial charge in [0.25, 0.3) is 0 Å². The van der Waals surface area contributed by atoms with Crippen molar-refractivity contribution in [1.82, 2.24) is 9.78 Å². The van der Waals surface area contributed by atoms with Crippen molar-refractivity contribution in [3.05, 3.63) is 17.7 Å². The highest BCUT2D eigenvalue weighted by Gasteiger charge is 2.22. The van der Waals surface area contributed by atoms with Gasteiger partial charge >= 0.3 is 5.97 Å². The van der Waals surface area contributed by atoms with E-state index in [0.717, 1.165) is 0 Å². The molecule has 0 spiro atoms. The molecule has 0 aliphatic rings. The highest BCUT2D eigenvalue weighted by molar-refractivity contribution is 5.87. The Hall–Kier alpha value is -1.39. The van der Waals surface area contributed by atoms with Crippen molar-refractivity contribution in [3.8, 4) is 0 Å². The van der Waals surface area contributed by atoms with Crippen LogP contribution in [0.2, 0.25) is 0 Å². The predicted octanol–water partition coefficient (Wildman–Crippen LogP) is 1.95. The average molecular weight is 214 g/mol. The zero-order chi connectivity index (χ0) is 11.6. The molecule has 1 aromatic heterocycles. The molecule has 0 saturated carbocycles. The summed E-state index contributed by atoms with van der Waals surface area (Å²) in [6.45, 7) is 7.48. The Morgan fingerprint density at radius 1 is 1.60 bits per heavy atom.